The molecule has 3 heterocycles. The van der Waals surface area contributed by atoms with Gasteiger partial charge in [0.05, 0.1) is 24.8 Å². The van der Waals surface area contributed by atoms with Crippen LogP contribution in [0.25, 0.3) is 27.5 Å². The van der Waals surface area contributed by atoms with Gasteiger partial charge in [0, 0.05) is 53.2 Å². The molecule has 0 spiro atoms. The molecule has 2 aromatic heterocycles. The van der Waals surface area contributed by atoms with Crippen LogP contribution in [0, 0.1) is 11.6 Å². The van der Waals surface area contributed by atoms with Gasteiger partial charge in [-0.15, -0.1) is 0 Å². The highest BCUT2D eigenvalue weighted by molar-refractivity contribution is 6.06. The molecule has 0 aliphatic carbocycles. The zero-order valence-corrected chi connectivity index (χ0v) is 28.0. The first-order chi connectivity index (χ1) is 24.9. The third kappa shape index (κ3) is 7.39. The number of pyridine rings is 2. The van der Waals surface area contributed by atoms with Gasteiger partial charge in [-0.3, -0.25) is 14.6 Å². The molecule has 6 aromatic rings. The number of aromatic nitrogens is 2. The Labute approximate surface area is 293 Å². The molecular weight excluding hydrogens is 654 g/mol. The number of halogens is 2. The fourth-order valence-corrected chi connectivity index (χ4v) is 6.38. The number of fused-ring (bicyclic) bond motifs is 2. The van der Waals surface area contributed by atoms with Crippen molar-refractivity contribution < 1.29 is 27.8 Å². The van der Waals surface area contributed by atoms with Crippen LogP contribution in [-0.4, -0.2) is 53.7 Å². The van der Waals surface area contributed by atoms with Crippen LogP contribution in [0.5, 0.6) is 23.0 Å². The first kappa shape index (κ1) is 33.7. The van der Waals surface area contributed by atoms with Crippen molar-refractivity contribution in [2.24, 2.45) is 0 Å². The number of hydrogen-bond donors (Lipinski definition) is 1. The van der Waals surface area contributed by atoms with Gasteiger partial charge < -0.3 is 29.0 Å². The van der Waals surface area contributed by atoms with Gasteiger partial charge in [-0.05, 0) is 93.0 Å². The van der Waals surface area contributed by atoms with Crippen LogP contribution in [0.2, 0.25) is 0 Å². The molecule has 4 aromatic carbocycles. The summed E-state index contributed by atoms with van der Waals surface area (Å²) in [4.78, 5) is 33.7. The van der Waals surface area contributed by atoms with E-state index in [1.807, 2.05) is 0 Å². The minimum atomic E-state index is -0.736. The molecule has 1 aliphatic rings. The van der Waals surface area contributed by atoms with E-state index >= 15 is 4.39 Å². The minimum absolute atomic E-state index is 0.0816. The van der Waals surface area contributed by atoms with E-state index in [1.54, 1.807) is 72.5 Å². The highest BCUT2D eigenvalue weighted by Crippen LogP contribution is 2.38. The number of benzene rings is 4. The van der Waals surface area contributed by atoms with Gasteiger partial charge in [-0.1, -0.05) is 18.6 Å². The van der Waals surface area contributed by atoms with E-state index in [9.17, 15) is 14.0 Å². The Bertz CT molecular complexity index is 2270. The van der Waals surface area contributed by atoms with E-state index in [4.69, 9.17) is 14.2 Å². The second-order valence-corrected chi connectivity index (χ2v) is 12.4. The second-order valence-electron chi connectivity index (χ2n) is 12.4. The summed E-state index contributed by atoms with van der Waals surface area (Å²) in [5.74, 6) is -0.544. The van der Waals surface area contributed by atoms with Crippen LogP contribution in [0.4, 0.5) is 14.5 Å². The standard InChI is InChI=1S/C40H36F2N4O5/c1-49-37-23-30-33(24-38(37)50-21-7-20-45-18-5-2-6-19-45)43-17-16-35(30)51-36-15-12-27(22-32(36)42)44-40(48)31-25-46(28-13-10-26(41)11-14-28)34-9-4-3-8-29(34)39(31)47/h3-4,8-17,22-25H,2,5-7,18-21H2,1H3,(H,44,48). The van der Waals surface area contributed by atoms with Crippen molar-refractivity contribution in [1.82, 2.24) is 14.5 Å². The molecule has 9 nitrogen and oxygen atoms in total. The third-order valence-corrected chi connectivity index (χ3v) is 8.98. The number of ether oxygens (including phenoxy) is 3. The van der Waals surface area contributed by atoms with E-state index in [-0.39, 0.29) is 17.0 Å². The van der Waals surface area contributed by atoms with E-state index in [0.29, 0.717) is 51.3 Å². The summed E-state index contributed by atoms with van der Waals surface area (Å²) in [6.45, 7) is 3.80. The maximum absolute atomic E-state index is 15.5. The van der Waals surface area contributed by atoms with Crippen molar-refractivity contribution in [1.29, 1.82) is 0 Å². The quantitative estimate of drug-likeness (QED) is 0.137. The fraction of sp³-hybridized carbons (Fsp3) is 0.225. The lowest BCUT2D eigenvalue weighted by Crippen LogP contribution is -2.31. The van der Waals surface area contributed by atoms with E-state index in [2.05, 4.69) is 15.2 Å². The van der Waals surface area contributed by atoms with Gasteiger partial charge in [-0.2, -0.15) is 0 Å². The van der Waals surface area contributed by atoms with Crippen molar-refractivity contribution >= 4 is 33.4 Å². The Kier molecular flexibility index (Phi) is 9.89. The summed E-state index contributed by atoms with van der Waals surface area (Å²) in [6, 6.07) is 21.7. The van der Waals surface area contributed by atoms with Crippen LogP contribution in [-0.2, 0) is 0 Å². The number of likely N-dealkylation sites (tertiary alicyclic amines) is 1. The highest BCUT2D eigenvalue weighted by Gasteiger charge is 2.19. The Morgan fingerprint density at radius 1 is 0.863 bits per heavy atom. The molecule has 1 amide bonds. The van der Waals surface area contributed by atoms with Crippen LogP contribution in [0.3, 0.4) is 0 Å². The van der Waals surface area contributed by atoms with Crippen LogP contribution >= 0.6 is 0 Å². The monoisotopic (exact) mass is 690 g/mol. The molecule has 11 heteroatoms. The highest BCUT2D eigenvalue weighted by atomic mass is 19.1. The number of carbonyl (C=O) groups excluding carboxylic acids is 1. The first-order valence-electron chi connectivity index (χ1n) is 16.9. The number of para-hydroxylation sites is 1. The molecule has 0 saturated carbocycles. The lowest BCUT2D eigenvalue weighted by atomic mass is 10.1. The van der Waals surface area contributed by atoms with Gasteiger partial charge in [0.15, 0.2) is 23.1 Å². The molecule has 0 bridgehead atoms. The van der Waals surface area contributed by atoms with Crippen molar-refractivity contribution in [3.63, 3.8) is 0 Å². The van der Waals surface area contributed by atoms with E-state index in [0.717, 1.165) is 32.1 Å². The maximum Gasteiger partial charge on any atom is 0.261 e. The summed E-state index contributed by atoms with van der Waals surface area (Å²) < 4.78 is 48.5. The van der Waals surface area contributed by atoms with Crippen molar-refractivity contribution in [3.05, 3.63) is 125 Å². The number of anilines is 1. The molecule has 0 radical (unpaired) electrons. The number of piperidine rings is 1. The predicted octanol–water partition coefficient (Wildman–Crippen LogP) is 8.13. The molecule has 1 fully saturated rings. The van der Waals surface area contributed by atoms with Crippen LogP contribution in [0.1, 0.15) is 36.0 Å². The van der Waals surface area contributed by atoms with Gasteiger partial charge in [-0.25, -0.2) is 8.78 Å². The van der Waals surface area contributed by atoms with Gasteiger partial charge >= 0.3 is 0 Å². The summed E-state index contributed by atoms with van der Waals surface area (Å²) in [7, 11) is 1.56. The third-order valence-electron chi connectivity index (χ3n) is 8.98. The minimum Gasteiger partial charge on any atom is -0.493 e. The zero-order chi connectivity index (χ0) is 35.3. The van der Waals surface area contributed by atoms with Crippen LogP contribution < -0.4 is 25.0 Å². The molecule has 1 N–H and O–H groups in total. The Morgan fingerprint density at radius 2 is 1.67 bits per heavy atom. The number of rotatable bonds is 11. The molecule has 1 aliphatic heterocycles. The predicted molar refractivity (Wildman–Crippen MR) is 193 cm³/mol. The summed E-state index contributed by atoms with van der Waals surface area (Å²) in [5, 5.41) is 3.52. The number of carbonyl (C=O) groups is 1. The number of nitrogens with zero attached hydrogens (tertiary/aromatic N) is 3. The van der Waals surface area contributed by atoms with Crippen molar-refractivity contribution in [3.8, 4) is 28.7 Å². The van der Waals surface area contributed by atoms with E-state index < -0.39 is 23.0 Å². The fourth-order valence-electron chi connectivity index (χ4n) is 6.38. The average Bonchev–Trinajstić information content (AvgIpc) is 3.15. The average molecular weight is 691 g/mol. The lowest BCUT2D eigenvalue weighted by molar-refractivity contribution is 0.102. The number of amides is 1. The summed E-state index contributed by atoms with van der Waals surface area (Å²) >= 11 is 0. The summed E-state index contributed by atoms with van der Waals surface area (Å²) in [5.41, 5.74) is 1.16. The summed E-state index contributed by atoms with van der Waals surface area (Å²) in [6.07, 6.45) is 7.65. The smallest absolute Gasteiger partial charge is 0.261 e. The Morgan fingerprint density at radius 3 is 2.45 bits per heavy atom. The van der Waals surface area contributed by atoms with Gasteiger partial charge in [0.2, 0.25) is 5.43 Å². The second kappa shape index (κ2) is 15.0. The van der Waals surface area contributed by atoms with Crippen LogP contribution in [0.15, 0.2) is 102 Å². The largest absolute Gasteiger partial charge is 0.493 e. The SMILES string of the molecule is COc1cc2c(Oc3ccc(NC(=O)c4cn(-c5ccc(F)cc5)c5ccccc5c4=O)cc3F)ccnc2cc1OCCCN1CCCCC1. The normalized spacial score (nSPS) is 13.3. The van der Waals surface area contributed by atoms with E-state index in [1.165, 1.54) is 49.7 Å². The molecule has 260 valence electrons. The molecule has 0 atom stereocenters. The number of nitrogens with one attached hydrogen (secondary N) is 1. The molecule has 0 unspecified atom stereocenters. The van der Waals surface area contributed by atoms with Gasteiger partial charge in [0.1, 0.15) is 17.1 Å². The Hall–Kier alpha value is -5.81. The number of methoxy groups -OCH3 is 1. The molecule has 1 saturated heterocycles. The molecule has 7 rings (SSSR count). The molecule has 51 heavy (non-hydrogen) atoms. The maximum atomic E-state index is 15.5. The lowest BCUT2D eigenvalue weighted by Gasteiger charge is -2.26. The Balaban J connectivity index is 1.08. The topological polar surface area (TPSA) is 94.9 Å². The van der Waals surface area contributed by atoms with Crippen molar-refractivity contribution in [2.45, 2.75) is 25.7 Å². The number of hydrogen-bond acceptors (Lipinski definition) is 7. The first-order valence-corrected chi connectivity index (χ1v) is 16.9. The van der Waals surface area contributed by atoms with Crippen molar-refractivity contribution in [2.75, 3.05) is 38.7 Å². The molecular formula is C40H36F2N4O5. The zero-order valence-electron chi connectivity index (χ0n) is 28.0. The van der Waals surface area contributed by atoms with Gasteiger partial charge in [0.25, 0.3) is 5.91 Å².